The molecular weight excluding hydrogens is 304 g/mol. The number of amides is 1. The first kappa shape index (κ1) is 16.0. The molecule has 2 aromatic heterocycles. The topological polar surface area (TPSA) is 80.0 Å². The van der Waals surface area contributed by atoms with Gasteiger partial charge in [0, 0.05) is 19.3 Å². The van der Waals surface area contributed by atoms with E-state index in [1.807, 2.05) is 33.0 Å². The van der Waals surface area contributed by atoms with Crippen LogP contribution in [0.3, 0.4) is 0 Å². The Morgan fingerprint density at radius 2 is 1.96 bits per heavy atom. The zero-order valence-corrected chi connectivity index (χ0v) is 14.0. The summed E-state index contributed by atoms with van der Waals surface area (Å²) in [5.41, 5.74) is 3.96. The van der Waals surface area contributed by atoms with Crippen LogP contribution in [-0.4, -0.2) is 32.3 Å². The molecule has 0 saturated carbocycles. The maximum atomic E-state index is 12.6. The molecule has 2 N–H and O–H groups in total. The van der Waals surface area contributed by atoms with Gasteiger partial charge in [0.05, 0.1) is 16.6 Å². The molecule has 0 aliphatic heterocycles. The zero-order chi connectivity index (χ0) is 17.3. The molecule has 124 valence electrons. The Morgan fingerprint density at radius 1 is 1.25 bits per heavy atom. The Bertz CT molecular complexity index is 898. The molecule has 1 aromatic carbocycles. The van der Waals surface area contributed by atoms with Crippen molar-refractivity contribution in [2.45, 2.75) is 20.3 Å². The quantitative estimate of drug-likeness (QED) is 0.771. The standard InChI is InChI=1S/C18H20N4O2/c1-11-10-15(16-12(2)21-22(3)17(16)20-11)18(24)19-9-8-13-4-6-14(23)7-5-13/h4-7,10,23H,8-9H2,1-3H3,(H,19,24). The van der Waals surface area contributed by atoms with Gasteiger partial charge in [-0.2, -0.15) is 5.10 Å². The van der Waals surface area contributed by atoms with E-state index in [2.05, 4.69) is 15.4 Å². The van der Waals surface area contributed by atoms with Crippen molar-refractivity contribution in [1.82, 2.24) is 20.1 Å². The predicted octanol–water partition coefficient (Wildman–Crippen LogP) is 2.26. The van der Waals surface area contributed by atoms with Crippen molar-refractivity contribution in [3.05, 3.63) is 52.8 Å². The Hall–Kier alpha value is -2.89. The fourth-order valence-electron chi connectivity index (χ4n) is 2.83. The lowest BCUT2D eigenvalue weighted by Gasteiger charge is -2.08. The number of carbonyl (C=O) groups is 1. The minimum Gasteiger partial charge on any atom is -0.508 e. The maximum Gasteiger partial charge on any atom is 0.252 e. The summed E-state index contributed by atoms with van der Waals surface area (Å²) in [6.07, 6.45) is 0.700. The highest BCUT2D eigenvalue weighted by Crippen LogP contribution is 2.21. The number of nitrogens with zero attached hydrogens (tertiary/aromatic N) is 3. The fourth-order valence-corrected chi connectivity index (χ4v) is 2.83. The second-order valence-electron chi connectivity index (χ2n) is 5.89. The Kier molecular flexibility index (Phi) is 4.20. The third-order valence-corrected chi connectivity index (χ3v) is 3.98. The van der Waals surface area contributed by atoms with E-state index in [4.69, 9.17) is 0 Å². The summed E-state index contributed by atoms with van der Waals surface area (Å²) in [5.74, 6) is 0.116. The van der Waals surface area contributed by atoms with Crippen LogP contribution in [-0.2, 0) is 13.5 Å². The molecule has 0 radical (unpaired) electrons. The van der Waals surface area contributed by atoms with E-state index in [1.165, 1.54) is 0 Å². The summed E-state index contributed by atoms with van der Waals surface area (Å²) in [5, 5.41) is 17.4. The van der Waals surface area contributed by atoms with Gasteiger partial charge in [0.1, 0.15) is 5.75 Å². The highest BCUT2D eigenvalue weighted by Gasteiger charge is 2.17. The molecule has 3 rings (SSSR count). The predicted molar refractivity (Wildman–Crippen MR) is 92.1 cm³/mol. The van der Waals surface area contributed by atoms with Crippen molar-refractivity contribution < 1.29 is 9.90 Å². The summed E-state index contributed by atoms with van der Waals surface area (Å²) in [6, 6.07) is 8.79. The van der Waals surface area contributed by atoms with Crippen LogP contribution >= 0.6 is 0 Å². The first-order valence-electron chi connectivity index (χ1n) is 7.83. The largest absolute Gasteiger partial charge is 0.508 e. The van der Waals surface area contributed by atoms with Crippen LogP contribution in [0, 0.1) is 13.8 Å². The Morgan fingerprint density at radius 3 is 2.67 bits per heavy atom. The molecule has 2 heterocycles. The number of benzene rings is 1. The van der Waals surface area contributed by atoms with Crippen molar-refractivity contribution in [2.24, 2.45) is 7.05 Å². The maximum absolute atomic E-state index is 12.6. The van der Waals surface area contributed by atoms with Gasteiger partial charge in [-0.25, -0.2) is 4.98 Å². The highest BCUT2D eigenvalue weighted by atomic mass is 16.3. The number of carbonyl (C=O) groups excluding carboxylic acids is 1. The molecule has 0 saturated heterocycles. The number of aromatic hydroxyl groups is 1. The van der Waals surface area contributed by atoms with Crippen molar-refractivity contribution in [2.75, 3.05) is 6.54 Å². The van der Waals surface area contributed by atoms with Crippen LogP contribution in [0.25, 0.3) is 11.0 Å². The molecule has 6 nitrogen and oxygen atoms in total. The van der Waals surface area contributed by atoms with Crippen LogP contribution in [0.2, 0.25) is 0 Å². The number of rotatable bonds is 4. The first-order chi connectivity index (χ1) is 11.5. The highest BCUT2D eigenvalue weighted by molar-refractivity contribution is 6.06. The lowest BCUT2D eigenvalue weighted by molar-refractivity contribution is 0.0955. The van der Waals surface area contributed by atoms with Crippen molar-refractivity contribution in [1.29, 1.82) is 0 Å². The molecule has 0 aliphatic rings. The minimum absolute atomic E-state index is 0.125. The van der Waals surface area contributed by atoms with Crippen LogP contribution in [0.15, 0.2) is 30.3 Å². The third-order valence-electron chi connectivity index (χ3n) is 3.98. The molecule has 0 fully saturated rings. The van der Waals surface area contributed by atoms with E-state index in [-0.39, 0.29) is 11.7 Å². The molecule has 3 aromatic rings. The number of pyridine rings is 1. The van der Waals surface area contributed by atoms with Crippen molar-refractivity contribution in [3.63, 3.8) is 0 Å². The van der Waals surface area contributed by atoms with Gasteiger partial charge in [0.2, 0.25) is 0 Å². The number of fused-ring (bicyclic) bond motifs is 1. The Labute approximate surface area is 140 Å². The summed E-state index contributed by atoms with van der Waals surface area (Å²) in [4.78, 5) is 17.1. The number of nitrogens with one attached hydrogen (secondary N) is 1. The van der Waals surface area contributed by atoms with Gasteiger partial charge in [-0.05, 0) is 44.0 Å². The van der Waals surface area contributed by atoms with Gasteiger partial charge < -0.3 is 10.4 Å². The molecule has 0 spiro atoms. The summed E-state index contributed by atoms with van der Waals surface area (Å²) in [7, 11) is 1.83. The van der Waals surface area contributed by atoms with E-state index in [0.717, 1.165) is 28.0 Å². The summed E-state index contributed by atoms with van der Waals surface area (Å²) >= 11 is 0. The van der Waals surface area contributed by atoms with E-state index in [1.54, 1.807) is 22.9 Å². The van der Waals surface area contributed by atoms with Gasteiger partial charge in [-0.15, -0.1) is 0 Å². The average molecular weight is 324 g/mol. The summed E-state index contributed by atoms with van der Waals surface area (Å²) < 4.78 is 1.70. The molecule has 0 aliphatic carbocycles. The molecule has 24 heavy (non-hydrogen) atoms. The monoisotopic (exact) mass is 324 g/mol. The van der Waals surface area contributed by atoms with E-state index >= 15 is 0 Å². The van der Waals surface area contributed by atoms with Gasteiger partial charge >= 0.3 is 0 Å². The molecule has 0 unspecified atom stereocenters. The second kappa shape index (κ2) is 6.31. The number of phenols is 1. The molecule has 0 bridgehead atoms. The minimum atomic E-state index is -0.125. The molecule has 6 heteroatoms. The molecule has 0 atom stereocenters. The average Bonchev–Trinajstić information content (AvgIpc) is 2.83. The zero-order valence-electron chi connectivity index (χ0n) is 14.0. The van der Waals surface area contributed by atoms with Gasteiger partial charge in [-0.1, -0.05) is 12.1 Å². The van der Waals surface area contributed by atoms with Gasteiger partial charge in [0.15, 0.2) is 5.65 Å². The van der Waals surface area contributed by atoms with E-state index in [9.17, 15) is 9.90 Å². The number of aromatic nitrogens is 3. The van der Waals surface area contributed by atoms with E-state index < -0.39 is 0 Å². The number of aryl methyl sites for hydroxylation is 3. The Balaban J connectivity index is 1.77. The number of hydrogen-bond acceptors (Lipinski definition) is 4. The normalized spacial score (nSPS) is 11.0. The third kappa shape index (κ3) is 3.08. The van der Waals surface area contributed by atoms with Gasteiger partial charge in [-0.3, -0.25) is 9.48 Å². The second-order valence-corrected chi connectivity index (χ2v) is 5.89. The number of phenolic OH excluding ortho intramolecular Hbond substituents is 1. The lowest BCUT2D eigenvalue weighted by Crippen LogP contribution is -2.26. The van der Waals surface area contributed by atoms with Gasteiger partial charge in [0.25, 0.3) is 5.91 Å². The first-order valence-corrected chi connectivity index (χ1v) is 7.83. The SMILES string of the molecule is Cc1cc(C(=O)NCCc2ccc(O)cc2)c2c(C)nn(C)c2n1. The van der Waals surface area contributed by atoms with E-state index in [0.29, 0.717) is 18.5 Å². The van der Waals surface area contributed by atoms with Crippen LogP contribution in [0.4, 0.5) is 0 Å². The van der Waals surface area contributed by atoms with Crippen molar-refractivity contribution in [3.8, 4) is 5.75 Å². The smallest absolute Gasteiger partial charge is 0.252 e. The summed E-state index contributed by atoms with van der Waals surface area (Å²) in [6.45, 7) is 4.27. The van der Waals surface area contributed by atoms with Crippen LogP contribution in [0.1, 0.15) is 27.3 Å². The van der Waals surface area contributed by atoms with Crippen LogP contribution < -0.4 is 5.32 Å². The number of hydrogen-bond donors (Lipinski definition) is 2. The molecule has 1 amide bonds. The molecular formula is C18H20N4O2. The van der Waals surface area contributed by atoms with Crippen molar-refractivity contribution >= 4 is 16.9 Å². The van der Waals surface area contributed by atoms with Crippen LogP contribution in [0.5, 0.6) is 5.75 Å². The lowest BCUT2D eigenvalue weighted by atomic mass is 10.1. The fraction of sp³-hybridized carbons (Fsp3) is 0.278.